The van der Waals surface area contributed by atoms with Crippen LogP contribution in [-0.4, -0.2) is 39.0 Å². The van der Waals surface area contributed by atoms with Crippen LogP contribution in [0.3, 0.4) is 0 Å². The first-order chi connectivity index (χ1) is 15.8. The Bertz CT molecular complexity index is 1250. The van der Waals surface area contributed by atoms with Gasteiger partial charge in [-0.3, -0.25) is 13.9 Å². The van der Waals surface area contributed by atoms with Crippen molar-refractivity contribution in [2.75, 3.05) is 23.5 Å². The van der Waals surface area contributed by atoms with Gasteiger partial charge in [0.25, 0.3) is 5.56 Å². The summed E-state index contributed by atoms with van der Waals surface area (Å²) in [6.45, 7) is 2.63. The number of benzene rings is 1. The average Bonchev–Trinajstić information content (AvgIpc) is 3.33. The summed E-state index contributed by atoms with van der Waals surface area (Å²) in [6, 6.07) is 7.58. The van der Waals surface area contributed by atoms with Crippen molar-refractivity contribution in [2.24, 2.45) is 7.05 Å². The number of aliphatic hydroxyl groups excluding tert-OH is 1. The SMILES string of the molecule is Cc1cnc(CCC2N(C)c3c(c(=O)n(CCCO)c(=O)n3C)N2Cc2ccc(Cl)cc2)s1. The van der Waals surface area contributed by atoms with Crippen LogP contribution in [0.4, 0.5) is 11.5 Å². The number of thiazole rings is 1. The van der Waals surface area contributed by atoms with E-state index in [9.17, 15) is 14.7 Å². The van der Waals surface area contributed by atoms with Crippen molar-refractivity contribution in [1.29, 1.82) is 0 Å². The van der Waals surface area contributed by atoms with Crippen molar-refractivity contribution in [3.05, 3.63) is 71.8 Å². The molecule has 33 heavy (non-hydrogen) atoms. The summed E-state index contributed by atoms with van der Waals surface area (Å²) in [5, 5.41) is 11.0. The lowest BCUT2D eigenvalue weighted by atomic mass is 10.1. The van der Waals surface area contributed by atoms with Crippen LogP contribution in [0.2, 0.25) is 5.02 Å². The van der Waals surface area contributed by atoms with Crippen LogP contribution in [0, 0.1) is 6.92 Å². The number of halogens is 1. The summed E-state index contributed by atoms with van der Waals surface area (Å²) >= 11 is 7.75. The molecule has 3 heterocycles. The minimum atomic E-state index is -0.373. The molecule has 0 aliphatic carbocycles. The molecule has 0 amide bonds. The van der Waals surface area contributed by atoms with Gasteiger partial charge in [-0.05, 0) is 37.5 Å². The van der Waals surface area contributed by atoms with E-state index < -0.39 is 0 Å². The highest BCUT2D eigenvalue weighted by atomic mass is 35.5. The minimum Gasteiger partial charge on any atom is -0.396 e. The molecule has 2 aromatic heterocycles. The molecule has 176 valence electrons. The van der Waals surface area contributed by atoms with Crippen molar-refractivity contribution in [2.45, 2.75) is 45.4 Å². The maximum absolute atomic E-state index is 13.5. The van der Waals surface area contributed by atoms with Gasteiger partial charge in [-0.1, -0.05) is 23.7 Å². The highest BCUT2D eigenvalue weighted by Gasteiger charge is 2.39. The Balaban J connectivity index is 1.77. The molecule has 8 nitrogen and oxygen atoms in total. The van der Waals surface area contributed by atoms with Crippen molar-refractivity contribution >= 4 is 34.4 Å². The molecule has 1 N–H and O–H groups in total. The van der Waals surface area contributed by atoms with E-state index in [-0.39, 0.29) is 30.6 Å². The molecule has 0 radical (unpaired) electrons. The van der Waals surface area contributed by atoms with Gasteiger partial charge in [0.15, 0.2) is 0 Å². The van der Waals surface area contributed by atoms with Gasteiger partial charge >= 0.3 is 5.69 Å². The number of hydrogen-bond acceptors (Lipinski definition) is 7. The lowest BCUT2D eigenvalue weighted by Gasteiger charge is -2.30. The van der Waals surface area contributed by atoms with Crippen LogP contribution in [0.15, 0.2) is 40.1 Å². The van der Waals surface area contributed by atoms with Crippen LogP contribution >= 0.6 is 22.9 Å². The van der Waals surface area contributed by atoms with E-state index in [2.05, 4.69) is 9.88 Å². The van der Waals surface area contributed by atoms with Gasteiger partial charge in [-0.2, -0.15) is 0 Å². The highest BCUT2D eigenvalue weighted by Crippen LogP contribution is 2.37. The number of aryl methyl sites for hydroxylation is 2. The molecule has 0 fully saturated rings. The van der Waals surface area contributed by atoms with Crippen molar-refractivity contribution in [1.82, 2.24) is 14.1 Å². The number of fused-ring (bicyclic) bond motifs is 1. The van der Waals surface area contributed by atoms with E-state index >= 15 is 0 Å². The first kappa shape index (κ1) is 23.5. The fraction of sp³-hybridized carbons (Fsp3) is 0.435. The summed E-state index contributed by atoms with van der Waals surface area (Å²) in [7, 11) is 3.62. The van der Waals surface area contributed by atoms with Crippen LogP contribution < -0.4 is 21.0 Å². The summed E-state index contributed by atoms with van der Waals surface area (Å²) in [5.41, 5.74) is 0.829. The largest absolute Gasteiger partial charge is 0.396 e. The summed E-state index contributed by atoms with van der Waals surface area (Å²) < 4.78 is 2.76. The molecule has 3 aromatic rings. The monoisotopic (exact) mass is 489 g/mol. The zero-order valence-corrected chi connectivity index (χ0v) is 20.6. The van der Waals surface area contributed by atoms with Gasteiger partial charge in [0.05, 0.1) is 5.01 Å². The summed E-state index contributed by atoms with van der Waals surface area (Å²) in [6.07, 6.45) is 3.61. The number of anilines is 2. The molecule has 1 aliphatic rings. The summed E-state index contributed by atoms with van der Waals surface area (Å²) in [4.78, 5) is 36.3. The molecule has 0 saturated carbocycles. The normalized spacial score (nSPS) is 15.4. The van der Waals surface area contributed by atoms with E-state index in [1.165, 1.54) is 14.0 Å². The molecule has 0 bridgehead atoms. The van der Waals surface area contributed by atoms with Gasteiger partial charge in [0.1, 0.15) is 17.7 Å². The Morgan fingerprint density at radius 3 is 2.55 bits per heavy atom. The zero-order valence-electron chi connectivity index (χ0n) is 19.0. The second kappa shape index (κ2) is 9.70. The number of aromatic nitrogens is 3. The van der Waals surface area contributed by atoms with Crippen molar-refractivity contribution in [3.8, 4) is 0 Å². The van der Waals surface area contributed by atoms with Gasteiger partial charge in [0, 0.05) is 56.3 Å². The van der Waals surface area contributed by atoms with E-state index in [1.807, 2.05) is 49.3 Å². The number of rotatable bonds is 8. The van der Waals surface area contributed by atoms with Gasteiger partial charge < -0.3 is 14.9 Å². The quantitative estimate of drug-likeness (QED) is 0.524. The smallest absolute Gasteiger partial charge is 0.332 e. The first-order valence-corrected chi connectivity index (χ1v) is 12.1. The second-order valence-corrected chi connectivity index (χ2v) is 10.1. The average molecular weight is 490 g/mol. The summed E-state index contributed by atoms with van der Waals surface area (Å²) in [5.74, 6) is 0.611. The molecule has 10 heteroatoms. The molecule has 0 spiro atoms. The Kier molecular flexibility index (Phi) is 6.92. The Hall–Kier alpha value is -2.62. The Morgan fingerprint density at radius 1 is 1.18 bits per heavy atom. The van der Waals surface area contributed by atoms with Gasteiger partial charge in [-0.25, -0.2) is 9.78 Å². The fourth-order valence-electron chi connectivity index (χ4n) is 4.41. The van der Waals surface area contributed by atoms with Gasteiger partial charge in [-0.15, -0.1) is 11.3 Å². The standard InChI is InChI=1S/C23H28ClN5O3S/c1-15-13-25-18(33-15)9-10-19-26(2)21-20(29(19)14-16-5-7-17(24)8-6-16)22(31)28(11-4-12-30)23(32)27(21)3/h5-8,13,19,30H,4,9-12,14H2,1-3H3. The molecular formula is C23H28ClN5O3S. The Labute approximate surface area is 201 Å². The highest BCUT2D eigenvalue weighted by molar-refractivity contribution is 7.11. The topological polar surface area (TPSA) is 83.6 Å². The van der Waals surface area contributed by atoms with E-state index in [1.54, 1.807) is 18.4 Å². The number of nitrogens with zero attached hydrogens (tertiary/aromatic N) is 5. The van der Waals surface area contributed by atoms with Gasteiger partial charge in [0.2, 0.25) is 0 Å². The van der Waals surface area contributed by atoms with Crippen LogP contribution in [-0.2, 0) is 26.6 Å². The first-order valence-electron chi connectivity index (χ1n) is 10.9. The van der Waals surface area contributed by atoms with Crippen molar-refractivity contribution in [3.63, 3.8) is 0 Å². The third-order valence-corrected chi connectivity index (χ3v) is 7.24. The molecule has 1 aromatic carbocycles. The molecule has 4 rings (SSSR count). The lowest BCUT2D eigenvalue weighted by molar-refractivity contribution is 0.277. The molecule has 1 atom stereocenters. The molecule has 1 unspecified atom stereocenters. The van der Waals surface area contributed by atoms with Crippen LogP contribution in [0.5, 0.6) is 0 Å². The maximum atomic E-state index is 13.5. The van der Waals surface area contributed by atoms with Crippen LogP contribution in [0.25, 0.3) is 0 Å². The lowest BCUT2D eigenvalue weighted by Crippen LogP contribution is -2.43. The molecule has 1 aliphatic heterocycles. The van der Waals surface area contributed by atoms with E-state index in [4.69, 9.17) is 11.6 Å². The van der Waals surface area contributed by atoms with Crippen molar-refractivity contribution < 1.29 is 5.11 Å². The second-order valence-electron chi connectivity index (χ2n) is 8.30. The van der Waals surface area contributed by atoms with E-state index in [0.29, 0.717) is 29.5 Å². The molecular weight excluding hydrogens is 462 g/mol. The number of hydrogen-bond donors (Lipinski definition) is 1. The maximum Gasteiger partial charge on any atom is 0.332 e. The van der Waals surface area contributed by atoms with E-state index in [0.717, 1.165) is 23.4 Å². The third kappa shape index (κ3) is 4.58. The Morgan fingerprint density at radius 2 is 1.91 bits per heavy atom. The number of aliphatic hydroxyl groups is 1. The predicted octanol–water partition coefficient (Wildman–Crippen LogP) is 2.76. The molecule has 0 saturated heterocycles. The minimum absolute atomic E-state index is 0.0864. The third-order valence-electron chi connectivity index (χ3n) is 6.01. The fourth-order valence-corrected chi connectivity index (χ4v) is 5.34. The zero-order chi connectivity index (χ0) is 23.7. The van der Waals surface area contributed by atoms with Crippen LogP contribution in [0.1, 0.15) is 28.3 Å². The predicted molar refractivity (Wildman–Crippen MR) is 133 cm³/mol.